The molecule has 1 aromatic carbocycles. The average Bonchev–Trinajstić information content (AvgIpc) is 2.61. The lowest BCUT2D eigenvalue weighted by Gasteiger charge is -2.11. The summed E-state index contributed by atoms with van der Waals surface area (Å²) in [5, 5.41) is 11.1. The highest BCUT2D eigenvalue weighted by atomic mass is 16.6. The quantitative estimate of drug-likeness (QED) is 0.318. The molecule has 0 amide bonds. The first-order valence-corrected chi connectivity index (χ1v) is 8.57. The minimum Gasteiger partial charge on any atom is -0.462 e. The zero-order valence-corrected chi connectivity index (χ0v) is 14.9. The smallest absolute Gasteiger partial charge is 0.343 e. The van der Waals surface area contributed by atoms with Crippen molar-refractivity contribution in [1.29, 1.82) is 0 Å². The monoisotopic (exact) mass is 362 g/mol. The van der Waals surface area contributed by atoms with E-state index in [1.807, 2.05) is 6.92 Å². The first-order chi connectivity index (χ1) is 12.5. The van der Waals surface area contributed by atoms with Gasteiger partial charge in [0, 0.05) is 31.0 Å². The Bertz CT molecular complexity index is 859. The summed E-state index contributed by atoms with van der Waals surface area (Å²) in [6, 6.07) is 3.98. The number of carbonyl (C=O) groups is 1. The Morgan fingerprint density at radius 3 is 2.65 bits per heavy atom. The molecule has 0 atom stereocenters. The minimum atomic E-state index is -0.720. The molecule has 1 heterocycles. The number of aromatic amines is 1. The number of nitrogens with one attached hydrogen (secondary N) is 1. The van der Waals surface area contributed by atoms with Gasteiger partial charge in [-0.15, -0.1) is 0 Å². The summed E-state index contributed by atoms with van der Waals surface area (Å²) in [5.74, 6) is -0.720. The summed E-state index contributed by atoms with van der Waals surface area (Å²) >= 11 is 0. The number of rotatable bonds is 9. The number of nitrogens with zero attached hydrogens (tertiary/aromatic N) is 1. The van der Waals surface area contributed by atoms with Crippen molar-refractivity contribution in [3.8, 4) is 0 Å². The van der Waals surface area contributed by atoms with Crippen LogP contribution in [0.25, 0.3) is 10.9 Å². The predicted octanol–water partition coefficient (Wildman–Crippen LogP) is 2.97. The third-order valence-electron chi connectivity index (χ3n) is 3.92. The fourth-order valence-electron chi connectivity index (χ4n) is 2.70. The van der Waals surface area contributed by atoms with Gasteiger partial charge in [0.05, 0.1) is 22.4 Å². The van der Waals surface area contributed by atoms with Crippen molar-refractivity contribution in [2.24, 2.45) is 0 Å². The summed E-state index contributed by atoms with van der Waals surface area (Å²) in [5.41, 5.74) is 0.0824. The maximum absolute atomic E-state index is 12.8. The lowest BCUT2D eigenvalue weighted by Crippen LogP contribution is -2.22. The number of unbranched alkanes of at least 4 members (excludes halogenated alkanes) is 1. The number of aromatic nitrogens is 1. The SMILES string of the molecule is CCOCCCCc1[nH]c2ccc([N+](=O)[O-])cc2c(=O)c1C(=O)OCC. The Labute approximate surface area is 150 Å². The standard InChI is InChI=1S/C18H22N2O6/c1-3-25-10-6-5-7-15-16(18(22)26-4-2)17(21)13-11-12(20(23)24)8-9-14(13)19-15/h8-9,11H,3-7,10H2,1-2H3,(H,19,21). The number of hydrogen-bond donors (Lipinski definition) is 1. The number of hydrogen-bond acceptors (Lipinski definition) is 6. The minimum absolute atomic E-state index is 0.0868. The molecule has 2 aromatic rings. The lowest BCUT2D eigenvalue weighted by molar-refractivity contribution is -0.384. The number of H-pyrrole nitrogens is 1. The highest BCUT2D eigenvalue weighted by Crippen LogP contribution is 2.20. The number of fused-ring (bicyclic) bond motifs is 1. The molecule has 8 nitrogen and oxygen atoms in total. The molecule has 1 aromatic heterocycles. The molecule has 26 heavy (non-hydrogen) atoms. The number of carbonyl (C=O) groups excluding carboxylic acids is 1. The van der Waals surface area contributed by atoms with Crippen molar-refractivity contribution in [1.82, 2.24) is 4.98 Å². The predicted molar refractivity (Wildman–Crippen MR) is 96.6 cm³/mol. The average molecular weight is 362 g/mol. The van der Waals surface area contributed by atoms with Gasteiger partial charge in [0.25, 0.3) is 5.69 Å². The topological polar surface area (TPSA) is 112 Å². The maximum Gasteiger partial charge on any atom is 0.343 e. The van der Waals surface area contributed by atoms with E-state index >= 15 is 0 Å². The largest absolute Gasteiger partial charge is 0.462 e. The Morgan fingerprint density at radius 2 is 2.00 bits per heavy atom. The lowest BCUT2D eigenvalue weighted by atomic mass is 10.0. The van der Waals surface area contributed by atoms with Gasteiger partial charge in [-0.3, -0.25) is 14.9 Å². The third-order valence-corrected chi connectivity index (χ3v) is 3.92. The molecule has 8 heteroatoms. The van der Waals surface area contributed by atoms with E-state index in [1.54, 1.807) is 6.92 Å². The molecular formula is C18H22N2O6. The van der Waals surface area contributed by atoms with Gasteiger partial charge in [-0.1, -0.05) is 0 Å². The summed E-state index contributed by atoms with van der Waals surface area (Å²) in [6.45, 7) is 4.95. The second-order valence-corrected chi connectivity index (χ2v) is 5.67. The number of aryl methyl sites for hydroxylation is 1. The second-order valence-electron chi connectivity index (χ2n) is 5.67. The van der Waals surface area contributed by atoms with Crippen molar-refractivity contribution < 1.29 is 19.2 Å². The van der Waals surface area contributed by atoms with E-state index in [0.29, 0.717) is 30.8 Å². The Morgan fingerprint density at radius 1 is 1.23 bits per heavy atom. The van der Waals surface area contributed by atoms with E-state index in [-0.39, 0.29) is 23.2 Å². The molecule has 0 aliphatic heterocycles. The van der Waals surface area contributed by atoms with E-state index in [9.17, 15) is 19.7 Å². The van der Waals surface area contributed by atoms with Crippen LogP contribution in [0, 0.1) is 10.1 Å². The normalized spacial score (nSPS) is 10.8. The zero-order valence-electron chi connectivity index (χ0n) is 14.9. The van der Waals surface area contributed by atoms with Crippen LogP contribution in [0.2, 0.25) is 0 Å². The van der Waals surface area contributed by atoms with Crippen LogP contribution in [0.5, 0.6) is 0 Å². The van der Waals surface area contributed by atoms with Gasteiger partial charge in [0.15, 0.2) is 0 Å². The summed E-state index contributed by atoms with van der Waals surface area (Å²) in [6.07, 6.45) is 1.99. The van der Waals surface area contributed by atoms with Crippen LogP contribution >= 0.6 is 0 Å². The first kappa shape index (κ1) is 19.6. The van der Waals surface area contributed by atoms with Crippen molar-refractivity contribution in [3.63, 3.8) is 0 Å². The number of esters is 1. The van der Waals surface area contributed by atoms with Crippen LogP contribution in [-0.2, 0) is 15.9 Å². The van der Waals surface area contributed by atoms with Crippen LogP contribution < -0.4 is 5.43 Å². The van der Waals surface area contributed by atoms with E-state index in [2.05, 4.69) is 4.98 Å². The summed E-state index contributed by atoms with van der Waals surface area (Å²) in [4.78, 5) is 38.5. The van der Waals surface area contributed by atoms with Crippen molar-refractivity contribution in [3.05, 3.63) is 49.8 Å². The molecule has 1 N–H and O–H groups in total. The molecule has 0 aliphatic carbocycles. The van der Waals surface area contributed by atoms with Gasteiger partial charge in [-0.25, -0.2) is 4.79 Å². The van der Waals surface area contributed by atoms with Gasteiger partial charge >= 0.3 is 5.97 Å². The van der Waals surface area contributed by atoms with Crippen molar-refractivity contribution in [2.75, 3.05) is 19.8 Å². The van der Waals surface area contributed by atoms with E-state index in [0.717, 1.165) is 12.8 Å². The number of nitro benzene ring substituents is 1. The molecule has 0 unspecified atom stereocenters. The Kier molecular flexibility index (Phi) is 6.85. The summed E-state index contributed by atoms with van der Waals surface area (Å²) < 4.78 is 10.3. The fraction of sp³-hybridized carbons (Fsp3) is 0.444. The van der Waals surface area contributed by atoms with Gasteiger partial charge < -0.3 is 14.5 Å². The molecule has 0 bridgehead atoms. The molecule has 0 aliphatic rings. The number of nitro groups is 1. The molecule has 0 radical (unpaired) electrons. The number of pyridine rings is 1. The third kappa shape index (κ3) is 4.45. The highest BCUT2D eigenvalue weighted by molar-refractivity contribution is 5.95. The van der Waals surface area contributed by atoms with Crippen LogP contribution in [0.3, 0.4) is 0 Å². The molecule has 0 fully saturated rings. The van der Waals surface area contributed by atoms with E-state index < -0.39 is 16.3 Å². The molecule has 0 spiro atoms. The Balaban J connectivity index is 2.46. The second kappa shape index (κ2) is 9.10. The van der Waals surface area contributed by atoms with Crippen LogP contribution in [-0.4, -0.2) is 35.7 Å². The van der Waals surface area contributed by atoms with Crippen LogP contribution in [0.15, 0.2) is 23.0 Å². The van der Waals surface area contributed by atoms with Gasteiger partial charge in [-0.2, -0.15) is 0 Å². The fourth-order valence-corrected chi connectivity index (χ4v) is 2.70. The van der Waals surface area contributed by atoms with Gasteiger partial charge in [0.1, 0.15) is 5.56 Å². The number of ether oxygens (including phenoxy) is 2. The summed E-state index contributed by atoms with van der Waals surface area (Å²) in [7, 11) is 0. The van der Waals surface area contributed by atoms with Gasteiger partial charge in [-0.05, 0) is 39.2 Å². The zero-order chi connectivity index (χ0) is 19.1. The molecule has 2 rings (SSSR count). The Hall–Kier alpha value is -2.74. The highest BCUT2D eigenvalue weighted by Gasteiger charge is 2.21. The maximum atomic E-state index is 12.8. The van der Waals surface area contributed by atoms with Crippen LogP contribution in [0.1, 0.15) is 42.7 Å². The van der Waals surface area contributed by atoms with Crippen molar-refractivity contribution >= 4 is 22.6 Å². The van der Waals surface area contributed by atoms with Crippen molar-refractivity contribution in [2.45, 2.75) is 33.1 Å². The number of benzene rings is 1. The van der Waals surface area contributed by atoms with Gasteiger partial charge in [0.2, 0.25) is 5.43 Å². The molecular weight excluding hydrogens is 340 g/mol. The van der Waals surface area contributed by atoms with E-state index in [1.165, 1.54) is 18.2 Å². The molecule has 0 saturated carbocycles. The first-order valence-electron chi connectivity index (χ1n) is 8.57. The molecule has 140 valence electrons. The molecule has 0 saturated heterocycles. The number of non-ortho nitro benzene ring substituents is 1. The van der Waals surface area contributed by atoms with E-state index in [4.69, 9.17) is 9.47 Å². The van der Waals surface area contributed by atoms with Crippen LogP contribution in [0.4, 0.5) is 5.69 Å².